The van der Waals surface area contributed by atoms with Crippen LogP contribution in [0.2, 0.25) is 0 Å². The zero-order valence-electron chi connectivity index (χ0n) is 11.1. The number of ether oxygens (including phenoxy) is 1. The van der Waals surface area contributed by atoms with E-state index in [1.54, 1.807) is 0 Å². The summed E-state index contributed by atoms with van der Waals surface area (Å²) in [7, 11) is 0. The lowest BCUT2D eigenvalue weighted by molar-refractivity contribution is -0.157. The standard InChI is InChI=1S/C13H19N3O2/c1-13(2,3)18-12(17)11-9-7-16(8-4-5-8)15-10(9)6-14-11/h7-8,11,14H,4-6H2,1-3H3. The third-order valence-corrected chi connectivity index (χ3v) is 3.19. The molecule has 1 aromatic heterocycles. The molecule has 0 amide bonds. The van der Waals surface area contributed by atoms with Crippen molar-refractivity contribution >= 4 is 5.97 Å². The molecule has 5 heteroatoms. The van der Waals surface area contributed by atoms with Gasteiger partial charge in [-0.15, -0.1) is 0 Å². The monoisotopic (exact) mass is 249 g/mol. The van der Waals surface area contributed by atoms with Crippen molar-refractivity contribution in [2.45, 2.75) is 57.8 Å². The van der Waals surface area contributed by atoms with Gasteiger partial charge in [0, 0.05) is 18.3 Å². The van der Waals surface area contributed by atoms with Crippen molar-refractivity contribution in [1.82, 2.24) is 15.1 Å². The molecule has 0 aromatic carbocycles. The van der Waals surface area contributed by atoms with E-state index >= 15 is 0 Å². The van der Waals surface area contributed by atoms with Crippen molar-refractivity contribution in [3.8, 4) is 0 Å². The Balaban J connectivity index is 1.78. The Bertz CT molecular complexity index is 483. The van der Waals surface area contributed by atoms with Crippen LogP contribution in [0, 0.1) is 0 Å². The van der Waals surface area contributed by atoms with Crippen molar-refractivity contribution in [1.29, 1.82) is 0 Å². The molecule has 0 bridgehead atoms. The van der Waals surface area contributed by atoms with E-state index in [1.165, 1.54) is 12.8 Å². The van der Waals surface area contributed by atoms with E-state index in [0.717, 1.165) is 11.3 Å². The molecule has 5 nitrogen and oxygen atoms in total. The smallest absolute Gasteiger partial charge is 0.328 e. The van der Waals surface area contributed by atoms with Gasteiger partial charge in [-0.25, -0.2) is 4.79 Å². The molecule has 1 atom stereocenters. The minimum Gasteiger partial charge on any atom is -0.459 e. The number of fused-ring (bicyclic) bond motifs is 1. The number of hydrogen-bond acceptors (Lipinski definition) is 4. The Hall–Kier alpha value is -1.36. The van der Waals surface area contributed by atoms with E-state index in [2.05, 4.69) is 10.4 Å². The first kappa shape index (κ1) is 11.7. The molecule has 0 radical (unpaired) electrons. The lowest BCUT2D eigenvalue weighted by Crippen LogP contribution is -2.31. The lowest BCUT2D eigenvalue weighted by atomic mass is 10.1. The van der Waals surface area contributed by atoms with Crippen molar-refractivity contribution in [3.63, 3.8) is 0 Å². The summed E-state index contributed by atoms with van der Waals surface area (Å²) in [6.07, 6.45) is 4.40. The van der Waals surface area contributed by atoms with Crippen molar-refractivity contribution in [2.24, 2.45) is 0 Å². The molecular weight excluding hydrogens is 230 g/mol. The summed E-state index contributed by atoms with van der Waals surface area (Å²) in [6.45, 7) is 6.30. The van der Waals surface area contributed by atoms with Crippen molar-refractivity contribution in [2.75, 3.05) is 0 Å². The number of hydrogen-bond donors (Lipinski definition) is 1. The number of aromatic nitrogens is 2. The van der Waals surface area contributed by atoms with E-state index in [4.69, 9.17) is 4.74 Å². The molecule has 0 saturated heterocycles. The molecule has 2 heterocycles. The minimum absolute atomic E-state index is 0.211. The van der Waals surface area contributed by atoms with E-state index in [1.807, 2.05) is 31.6 Å². The molecule has 1 aliphatic carbocycles. The van der Waals surface area contributed by atoms with Crippen LogP contribution in [0.5, 0.6) is 0 Å². The van der Waals surface area contributed by atoms with Gasteiger partial charge >= 0.3 is 5.97 Å². The zero-order chi connectivity index (χ0) is 12.9. The summed E-state index contributed by atoms with van der Waals surface area (Å²) in [5.41, 5.74) is 1.52. The van der Waals surface area contributed by atoms with Crippen LogP contribution in [0.3, 0.4) is 0 Å². The van der Waals surface area contributed by atoms with Gasteiger partial charge in [-0.1, -0.05) is 0 Å². The molecule has 2 aliphatic rings. The lowest BCUT2D eigenvalue weighted by Gasteiger charge is -2.22. The highest BCUT2D eigenvalue weighted by Crippen LogP contribution is 2.36. The number of esters is 1. The number of carbonyl (C=O) groups excluding carboxylic acids is 1. The average Bonchev–Trinajstić information content (AvgIpc) is 2.86. The SMILES string of the molecule is CC(C)(C)OC(=O)C1NCc2nn(C3CC3)cc21. The molecular formula is C13H19N3O2. The van der Waals surface area contributed by atoms with Crippen molar-refractivity contribution < 1.29 is 9.53 Å². The van der Waals surface area contributed by atoms with Gasteiger partial charge in [0.1, 0.15) is 11.6 Å². The van der Waals surface area contributed by atoms with Crippen LogP contribution in [0.25, 0.3) is 0 Å². The largest absolute Gasteiger partial charge is 0.459 e. The van der Waals surface area contributed by atoms with E-state index in [0.29, 0.717) is 12.6 Å². The summed E-state index contributed by atoms with van der Waals surface area (Å²) >= 11 is 0. The van der Waals surface area contributed by atoms with E-state index in [-0.39, 0.29) is 12.0 Å². The first-order chi connectivity index (χ1) is 8.44. The Morgan fingerprint density at radius 2 is 2.22 bits per heavy atom. The minimum atomic E-state index is -0.450. The molecule has 1 saturated carbocycles. The summed E-state index contributed by atoms with van der Waals surface area (Å²) in [5, 5.41) is 7.69. The summed E-state index contributed by atoms with van der Waals surface area (Å²) in [5.74, 6) is -0.211. The zero-order valence-corrected chi connectivity index (χ0v) is 11.1. The predicted molar refractivity (Wildman–Crippen MR) is 65.9 cm³/mol. The van der Waals surface area contributed by atoms with Crippen LogP contribution in [0.1, 0.15) is 57.0 Å². The van der Waals surface area contributed by atoms with Crippen LogP contribution in [0.15, 0.2) is 6.20 Å². The maximum absolute atomic E-state index is 12.1. The second-order valence-corrected chi connectivity index (χ2v) is 6.09. The molecule has 98 valence electrons. The van der Waals surface area contributed by atoms with Gasteiger partial charge in [0.15, 0.2) is 0 Å². The van der Waals surface area contributed by atoms with Crippen LogP contribution in [-0.4, -0.2) is 21.4 Å². The maximum Gasteiger partial charge on any atom is 0.328 e. The average molecular weight is 249 g/mol. The molecule has 1 unspecified atom stereocenters. The Kier molecular flexibility index (Phi) is 2.48. The first-order valence-electron chi connectivity index (χ1n) is 6.48. The van der Waals surface area contributed by atoms with Crippen LogP contribution in [0.4, 0.5) is 0 Å². The highest BCUT2D eigenvalue weighted by atomic mass is 16.6. The number of rotatable bonds is 2. The molecule has 1 N–H and O–H groups in total. The van der Waals surface area contributed by atoms with Crippen LogP contribution >= 0.6 is 0 Å². The molecule has 3 rings (SSSR count). The topological polar surface area (TPSA) is 56.1 Å². The third-order valence-electron chi connectivity index (χ3n) is 3.19. The quantitative estimate of drug-likeness (QED) is 0.811. The predicted octanol–water partition coefficient (Wildman–Crippen LogP) is 1.70. The fourth-order valence-electron chi connectivity index (χ4n) is 2.23. The third kappa shape index (κ3) is 2.14. The number of carbonyl (C=O) groups is 1. The molecule has 0 spiro atoms. The summed E-state index contributed by atoms with van der Waals surface area (Å²) < 4.78 is 7.43. The maximum atomic E-state index is 12.1. The van der Waals surface area contributed by atoms with Gasteiger partial charge < -0.3 is 4.74 Å². The van der Waals surface area contributed by atoms with Gasteiger partial charge in [0.25, 0.3) is 0 Å². The molecule has 18 heavy (non-hydrogen) atoms. The van der Waals surface area contributed by atoms with Gasteiger partial charge in [-0.2, -0.15) is 5.10 Å². The van der Waals surface area contributed by atoms with Crippen LogP contribution < -0.4 is 5.32 Å². The first-order valence-corrected chi connectivity index (χ1v) is 6.48. The Morgan fingerprint density at radius 1 is 1.50 bits per heavy atom. The highest BCUT2D eigenvalue weighted by molar-refractivity contribution is 5.79. The molecule has 1 fully saturated rings. The normalized spacial score (nSPS) is 22.9. The Morgan fingerprint density at radius 3 is 2.83 bits per heavy atom. The van der Waals surface area contributed by atoms with Gasteiger partial charge in [-0.3, -0.25) is 10.00 Å². The van der Waals surface area contributed by atoms with Gasteiger partial charge in [-0.05, 0) is 33.6 Å². The van der Waals surface area contributed by atoms with Gasteiger partial charge in [0.2, 0.25) is 0 Å². The Labute approximate surface area is 107 Å². The second-order valence-electron chi connectivity index (χ2n) is 6.09. The summed E-state index contributed by atoms with van der Waals surface area (Å²) in [4.78, 5) is 12.1. The summed E-state index contributed by atoms with van der Waals surface area (Å²) in [6, 6.07) is 0.196. The number of nitrogens with zero attached hydrogens (tertiary/aromatic N) is 2. The van der Waals surface area contributed by atoms with Crippen LogP contribution in [-0.2, 0) is 16.1 Å². The number of nitrogens with one attached hydrogen (secondary N) is 1. The van der Waals surface area contributed by atoms with Crippen molar-refractivity contribution in [3.05, 3.63) is 17.5 Å². The highest BCUT2D eigenvalue weighted by Gasteiger charge is 2.36. The van der Waals surface area contributed by atoms with E-state index in [9.17, 15) is 4.79 Å². The van der Waals surface area contributed by atoms with Gasteiger partial charge in [0.05, 0.1) is 11.7 Å². The molecule has 1 aromatic rings. The fraction of sp³-hybridized carbons (Fsp3) is 0.692. The fourth-order valence-corrected chi connectivity index (χ4v) is 2.23. The van der Waals surface area contributed by atoms with E-state index < -0.39 is 5.60 Å². The second kappa shape index (κ2) is 3.82. The molecule has 1 aliphatic heterocycles.